The maximum absolute atomic E-state index is 6.08. The van der Waals surface area contributed by atoms with E-state index < -0.39 is 0 Å². The molecule has 3 aromatic rings. The maximum atomic E-state index is 6.08. The number of benzene rings is 2. The van der Waals surface area contributed by atoms with Gasteiger partial charge >= 0.3 is 0 Å². The first-order chi connectivity index (χ1) is 9.95. The molecule has 1 aromatic heterocycles. The maximum Gasteiger partial charge on any atom is 0.131 e. The van der Waals surface area contributed by atoms with Crippen LogP contribution in [0.2, 0.25) is 0 Å². The number of nitrogens with zero attached hydrogens (tertiary/aromatic N) is 1. The first-order valence-electron chi connectivity index (χ1n) is 7.21. The number of aromatic nitrogens is 1. The average Bonchev–Trinajstić information content (AvgIpc) is 2.46. The molecule has 0 aliphatic carbocycles. The largest absolute Gasteiger partial charge is 0.383 e. The van der Waals surface area contributed by atoms with E-state index in [0.29, 0.717) is 5.82 Å². The van der Waals surface area contributed by atoms with Crippen molar-refractivity contribution in [2.24, 2.45) is 0 Å². The summed E-state index contributed by atoms with van der Waals surface area (Å²) in [6.07, 6.45) is 0. The standard InChI is InChI=1S/C19H20N2/c1-19(2,3)15-10-8-13(9-11-15)17-12-14-6-4-5-7-16(14)18(20)21-17/h4-12H,1-3H3,(H2,20,21). The predicted molar refractivity (Wildman–Crippen MR) is 90.3 cm³/mol. The second-order valence-electron chi connectivity index (χ2n) is 6.44. The molecule has 0 aliphatic heterocycles. The van der Waals surface area contributed by atoms with Crippen molar-refractivity contribution in [3.63, 3.8) is 0 Å². The summed E-state index contributed by atoms with van der Waals surface area (Å²) in [6.45, 7) is 6.65. The summed E-state index contributed by atoms with van der Waals surface area (Å²) in [5.74, 6) is 0.586. The van der Waals surface area contributed by atoms with Crippen LogP contribution in [0.1, 0.15) is 26.3 Å². The normalized spacial score (nSPS) is 11.8. The molecular weight excluding hydrogens is 256 g/mol. The van der Waals surface area contributed by atoms with Gasteiger partial charge in [0.15, 0.2) is 0 Å². The van der Waals surface area contributed by atoms with E-state index in [0.717, 1.165) is 22.0 Å². The summed E-state index contributed by atoms with van der Waals surface area (Å²) in [5.41, 5.74) is 9.58. The number of nitrogen functional groups attached to an aromatic ring is 1. The van der Waals surface area contributed by atoms with Gasteiger partial charge in [0.05, 0.1) is 5.69 Å². The fraction of sp³-hybridized carbons (Fsp3) is 0.211. The van der Waals surface area contributed by atoms with Crippen LogP contribution >= 0.6 is 0 Å². The zero-order valence-electron chi connectivity index (χ0n) is 12.7. The molecule has 0 unspecified atom stereocenters. The van der Waals surface area contributed by atoms with Crippen molar-refractivity contribution < 1.29 is 0 Å². The molecule has 0 aliphatic rings. The minimum atomic E-state index is 0.161. The lowest BCUT2D eigenvalue weighted by Crippen LogP contribution is -2.10. The summed E-state index contributed by atoms with van der Waals surface area (Å²) in [5, 5.41) is 2.13. The van der Waals surface area contributed by atoms with Crippen LogP contribution in [-0.2, 0) is 5.41 Å². The highest BCUT2D eigenvalue weighted by molar-refractivity contribution is 5.93. The number of anilines is 1. The van der Waals surface area contributed by atoms with Crippen molar-refractivity contribution in [3.05, 3.63) is 60.2 Å². The lowest BCUT2D eigenvalue weighted by atomic mass is 9.86. The fourth-order valence-corrected chi connectivity index (χ4v) is 2.51. The zero-order valence-corrected chi connectivity index (χ0v) is 12.7. The smallest absolute Gasteiger partial charge is 0.131 e. The Labute approximate surface area is 125 Å². The molecule has 0 bridgehead atoms. The van der Waals surface area contributed by atoms with Crippen molar-refractivity contribution in [2.45, 2.75) is 26.2 Å². The third kappa shape index (κ3) is 2.62. The van der Waals surface area contributed by atoms with Gasteiger partial charge in [-0.1, -0.05) is 69.3 Å². The van der Waals surface area contributed by atoms with E-state index in [9.17, 15) is 0 Å². The van der Waals surface area contributed by atoms with E-state index in [2.05, 4.69) is 62.2 Å². The summed E-state index contributed by atoms with van der Waals surface area (Å²) in [6, 6.07) is 18.8. The number of rotatable bonds is 1. The molecule has 1 heterocycles. The summed E-state index contributed by atoms with van der Waals surface area (Å²) in [7, 11) is 0. The van der Waals surface area contributed by atoms with Crippen molar-refractivity contribution in [1.29, 1.82) is 0 Å². The van der Waals surface area contributed by atoms with E-state index >= 15 is 0 Å². The zero-order chi connectivity index (χ0) is 15.0. The Morgan fingerprint density at radius 3 is 2.24 bits per heavy atom. The van der Waals surface area contributed by atoms with Crippen LogP contribution in [0.15, 0.2) is 54.6 Å². The molecule has 2 aromatic carbocycles. The van der Waals surface area contributed by atoms with E-state index in [1.807, 2.05) is 18.2 Å². The second-order valence-corrected chi connectivity index (χ2v) is 6.44. The van der Waals surface area contributed by atoms with Gasteiger partial charge < -0.3 is 5.73 Å². The molecule has 2 N–H and O–H groups in total. The Balaban J connectivity index is 2.08. The second kappa shape index (κ2) is 4.88. The average molecular weight is 276 g/mol. The van der Waals surface area contributed by atoms with Crippen LogP contribution in [0.4, 0.5) is 5.82 Å². The Hall–Kier alpha value is -2.35. The summed E-state index contributed by atoms with van der Waals surface area (Å²) in [4.78, 5) is 4.54. The van der Waals surface area contributed by atoms with Crippen LogP contribution in [0.5, 0.6) is 0 Å². The van der Waals surface area contributed by atoms with Gasteiger partial charge in [-0.05, 0) is 22.4 Å². The Morgan fingerprint density at radius 2 is 1.57 bits per heavy atom. The van der Waals surface area contributed by atoms with E-state index in [-0.39, 0.29) is 5.41 Å². The van der Waals surface area contributed by atoms with Gasteiger partial charge in [-0.2, -0.15) is 0 Å². The van der Waals surface area contributed by atoms with Gasteiger partial charge in [-0.15, -0.1) is 0 Å². The SMILES string of the molecule is CC(C)(C)c1ccc(-c2cc3ccccc3c(N)n2)cc1. The lowest BCUT2D eigenvalue weighted by Gasteiger charge is -2.19. The third-order valence-corrected chi connectivity index (χ3v) is 3.82. The monoisotopic (exact) mass is 276 g/mol. The Bertz CT molecular complexity index is 781. The number of hydrogen-bond acceptors (Lipinski definition) is 2. The number of pyridine rings is 1. The summed E-state index contributed by atoms with van der Waals surface area (Å²) < 4.78 is 0. The first-order valence-corrected chi connectivity index (χ1v) is 7.21. The predicted octanol–water partition coefficient (Wildman–Crippen LogP) is 4.78. The van der Waals surface area contributed by atoms with E-state index in [1.165, 1.54) is 5.56 Å². The molecule has 0 amide bonds. The molecule has 106 valence electrons. The molecule has 2 nitrogen and oxygen atoms in total. The van der Waals surface area contributed by atoms with Gasteiger partial charge in [0.1, 0.15) is 5.82 Å². The van der Waals surface area contributed by atoms with Gasteiger partial charge in [-0.25, -0.2) is 4.98 Å². The van der Waals surface area contributed by atoms with Crippen LogP contribution in [0.3, 0.4) is 0 Å². The molecule has 0 radical (unpaired) electrons. The van der Waals surface area contributed by atoms with Crippen molar-refractivity contribution in [3.8, 4) is 11.3 Å². The van der Waals surface area contributed by atoms with Crippen molar-refractivity contribution in [2.75, 3.05) is 5.73 Å². The van der Waals surface area contributed by atoms with E-state index in [1.54, 1.807) is 0 Å². The number of hydrogen-bond donors (Lipinski definition) is 1. The molecular formula is C19H20N2. The Kier molecular flexibility index (Phi) is 3.17. The molecule has 2 heteroatoms. The molecule has 0 fully saturated rings. The molecule has 0 saturated carbocycles. The molecule has 0 atom stereocenters. The third-order valence-electron chi connectivity index (χ3n) is 3.82. The molecule has 21 heavy (non-hydrogen) atoms. The first kappa shape index (κ1) is 13.6. The highest BCUT2D eigenvalue weighted by Crippen LogP contribution is 2.28. The summed E-state index contributed by atoms with van der Waals surface area (Å²) >= 11 is 0. The van der Waals surface area contributed by atoms with E-state index in [4.69, 9.17) is 5.73 Å². The van der Waals surface area contributed by atoms with Crippen LogP contribution in [-0.4, -0.2) is 4.98 Å². The van der Waals surface area contributed by atoms with Crippen LogP contribution < -0.4 is 5.73 Å². The molecule has 3 rings (SSSR count). The van der Waals surface area contributed by atoms with Gasteiger partial charge in [0, 0.05) is 10.9 Å². The molecule has 0 spiro atoms. The van der Waals surface area contributed by atoms with Gasteiger partial charge in [0.2, 0.25) is 0 Å². The van der Waals surface area contributed by atoms with Gasteiger partial charge in [0.25, 0.3) is 0 Å². The quantitative estimate of drug-likeness (QED) is 0.694. The lowest BCUT2D eigenvalue weighted by molar-refractivity contribution is 0.590. The minimum absolute atomic E-state index is 0.161. The minimum Gasteiger partial charge on any atom is -0.383 e. The van der Waals surface area contributed by atoms with Crippen molar-refractivity contribution in [1.82, 2.24) is 4.98 Å². The van der Waals surface area contributed by atoms with Crippen LogP contribution in [0.25, 0.3) is 22.0 Å². The van der Waals surface area contributed by atoms with Crippen molar-refractivity contribution >= 4 is 16.6 Å². The topological polar surface area (TPSA) is 38.9 Å². The highest BCUT2D eigenvalue weighted by Gasteiger charge is 2.13. The number of fused-ring (bicyclic) bond motifs is 1. The highest BCUT2D eigenvalue weighted by atomic mass is 14.8. The molecule has 0 saturated heterocycles. The van der Waals surface area contributed by atoms with Gasteiger partial charge in [-0.3, -0.25) is 0 Å². The number of nitrogens with two attached hydrogens (primary N) is 1. The Morgan fingerprint density at radius 1 is 0.905 bits per heavy atom. The fourth-order valence-electron chi connectivity index (χ4n) is 2.51. The van der Waals surface area contributed by atoms with Crippen LogP contribution in [0, 0.1) is 0 Å².